The fourth-order valence-electron chi connectivity index (χ4n) is 3.59. The van der Waals surface area contributed by atoms with Crippen LogP contribution < -0.4 is 5.14 Å². The summed E-state index contributed by atoms with van der Waals surface area (Å²) in [6, 6.07) is 13.1. The maximum atomic E-state index is 13.1. The zero-order valence-electron chi connectivity index (χ0n) is 15.3. The normalized spacial score (nSPS) is 18.8. The fourth-order valence-corrected chi connectivity index (χ4v) is 5.00. The van der Waals surface area contributed by atoms with E-state index in [1.165, 1.54) is 12.1 Å². The Kier molecular flexibility index (Phi) is 6.31. The molecule has 0 aliphatic carbocycles. The molecule has 0 bridgehead atoms. The van der Waals surface area contributed by atoms with Crippen molar-refractivity contribution < 1.29 is 13.2 Å². The van der Waals surface area contributed by atoms with Gasteiger partial charge in [0.25, 0.3) is 5.91 Å². The van der Waals surface area contributed by atoms with Crippen molar-refractivity contribution in [1.29, 1.82) is 0 Å². The number of hydrogen-bond donors (Lipinski definition) is 1. The third-order valence-electron chi connectivity index (χ3n) is 5.01. The molecule has 2 aromatic rings. The summed E-state index contributed by atoms with van der Waals surface area (Å²) in [6.07, 6.45) is 1.91. The van der Waals surface area contributed by atoms with Crippen molar-refractivity contribution in [2.45, 2.75) is 29.8 Å². The van der Waals surface area contributed by atoms with Crippen molar-refractivity contribution in [2.75, 3.05) is 13.6 Å². The molecule has 3 rings (SSSR count). The Morgan fingerprint density at radius 1 is 1.25 bits per heavy atom. The van der Waals surface area contributed by atoms with Crippen molar-refractivity contribution in [3.63, 3.8) is 0 Å². The van der Waals surface area contributed by atoms with Gasteiger partial charge in [-0.1, -0.05) is 41.9 Å². The maximum Gasteiger partial charge on any atom is 0.268 e. The number of rotatable bonds is 5. The van der Waals surface area contributed by atoms with Crippen LogP contribution in [0.5, 0.6) is 0 Å². The van der Waals surface area contributed by atoms with Gasteiger partial charge in [0.2, 0.25) is 10.0 Å². The molecule has 1 amide bonds. The lowest BCUT2D eigenvalue weighted by atomic mass is 9.97. The van der Waals surface area contributed by atoms with E-state index < -0.39 is 22.0 Å². The fraction of sp³-hybridized carbons (Fsp3) is 0.316. The number of nitrogens with two attached hydrogens (primary N) is 1. The number of primary sulfonamides is 1. The Balaban J connectivity index is 1.99. The third-order valence-corrected chi connectivity index (χ3v) is 6.76. The van der Waals surface area contributed by atoms with E-state index in [4.69, 9.17) is 28.5 Å². The summed E-state index contributed by atoms with van der Waals surface area (Å²) in [5, 5.41) is 5.15. The van der Waals surface area contributed by atoms with Gasteiger partial charge >= 0.3 is 0 Å². The van der Waals surface area contributed by atoms with Crippen molar-refractivity contribution in [3.8, 4) is 0 Å². The highest BCUT2D eigenvalue weighted by molar-refractivity contribution is 7.89. The summed E-state index contributed by atoms with van der Waals surface area (Å²) in [6.45, 7) is 0.920. The van der Waals surface area contributed by atoms with E-state index in [0.717, 1.165) is 35.4 Å². The van der Waals surface area contributed by atoms with Crippen LogP contribution in [0.3, 0.4) is 0 Å². The van der Waals surface area contributed by atoms with E-state index in [0.29, 0.717) is 0 Å². The topological polar surface area (TPSA) is 83.7 Å². The molecule has 0 spiro atoms. The van der Waals surface area contributed by atoms with Crippen molar-refractivity contribution >= 4 is 39.3 Å². The first-order valence-electron chi connectivity index (χ1n) is 8.77. The van der Waals surface area contributed by atoms with Gasteiger partial charge in [0.1, 0.15) is 4.90 Å². The molecule has 1 heterocycles. The molecule has 28 heavy (non-hydrogen) atoms. The van der Waals surface area contributed by atoms with Crippen LogP contribution in [-0.4, -0.2) is 43.3 Å². The molecule has 2 atom stereocenters. The average Bonchev–Trinajstić information content (AvgIpc) is 3.07. The smallest absolute Gasteiger partial charge is 0.268 e. The lowest BCUT2D eigenvalue weighted by Gasteiger charge is -2.34. The minimum atomic E-state index is -4.07. The minimum Gasteiger partial charge on any atom is -0.301 e. The Bertz CT molecular complexity index is 970. The molecule has 1 saturated heterocycles. The molecule has 2 N–H and O–H groups in total. The second kappa shape index (κ2) is 8.39. The second-order valence-electron chi connectivity index (χ2n) is 6.85. The molecule has 0 aromatic heterocycles. The van der Waals surface area contributed by atoms with Crippen LogP contribution in [0.1, 0.15) is 34.8 Å². The Hall–Kier alpha value is -1.64. The van der Waals surface area contributed by atoms with E-state index >= 15 is 0 Å². The van der Waals surface area contributed by atoms with Gasteiger partial charge in [0, 0.05) is 23.4 Å². The summed E-state index contributed by atoms with van der Waals surface area (Å²) >= 11 is 12.5. The van der Waals surface area contributed by atoms with Crippen LogP contribution in [0.2, 0.25) is 5.02 Å². The molecule has 1 aliphatic heterocycles. The second-order valence-corrected chi connectivity index (χ2v) is 9.15. The Labute approximate surface area is 175 Å². The Morgan fingerprint density at radius 3 is 2.50 bits per heavy atom. The zero-order valence-corrected chi connectivity index (χ0v) is 17.6. The molecular weight excluding hydrogens is 421 g/mol. The molecule has 6 nitrogen and oxygen atoms in total. The van der Waals surface area contributed by atoms with Crippen LogP contribution >= 0.6 is 23.4 Å². The predicted molar refractivity (Wildman–Crippen MR) is 110 cm³/mol. The van der Waals surface area contributed by atoms with Gasteiger partial charge in [-0.25, -0.2) is 18.0 Å². The third kappa shape index (κ3) is 4.34. The lowest BCUT2D eigenvalue weighted by Crippen LogP contribution is -2.40. The molecule has 0 radical (unpaired) electrons. The highest BCUT2D eigenvalue weighted by Crippen LogP contribution is 2.35. The van der Waals surface area contributed by atoms with Gasteiger partial charge in [-0.05, 0) is 50.2 Å². The summed E-state index contributed by atoms with van der Waals surface area (Å²) in [5.74, 6) is -0.516. The maximum absolute atomic E-state index is 13.1. The van der Waals surface area contributed by atoms with Crippen molar-refractivity contribution in [1.82, 2.24) is 9.32 Å². The van der Waals surface area contributed by atoms with Crippen molar-refractivity contribution in [2.24, 2.45) is 5.14 Å². The average molecular weight is 442 g/mol. The standard InChI is InChI=1S/C19H21Cl2N3O3S/c1-23-11-5-8-16(23)18(13-6-3-2-4-7-13)24(21)19(25)14-9-10-15(20)17(12-14)28(22,26)27/h2-4,6-7,9-10,12,16,18H,5,8,11H2,1H3,(H2,22,26,27)/t16-,18-/m0/s1. The summed E-state index contributed by atoms with van der Waals surface area (Å²) in [4.78, 5) is 15.0. The quantitative estimate of drug-likeness (QED) is 0.720. The van der Waals surface area contributed by atoms with E-state index in [1.54, 1.807) is 0 Å². The first kappa shape index (κ1) is 21.1. The summed E-state index contributed by atoms with van der Waals surface area (Å²) in [7, 11) is -2.06. The number of nitrogens with zero attached hydrogens (tertiary/aromatic N) is 2. The van der Waals surface area contributed by atoms with E-state index in [1.807, 2.05) is 37.4 Å². The number of carbonyl (C=O) groups excluding carboxylic acids is 1. The summed E-state index contributed by atoms with van der Waals surface area (Å²) < 4.78 is 24.6. The molecule has 0 saturated carbocycles. The van der Waals surface area contributed by atoms with Gasteiger partial charge in [-0.15, -0.1) is 0 Å². The van der Waals surface area contributed by atoms with E-state index in [-0.39, 0.29) is 21.5 Å². The van der Waals surface area contributed by atoms with Gasteiger partial charge in [-0.2, -0.15) is 0 Å². The molecule has 9 heteroatoms. The van der Waals surface area contributed by atoms with Crippen LogP contribution in [-0.2, 0) is 10.0 Å². The van der Waals surface area contributed by atoms with Crippen LogP contribution in [0.4, 0.5) is 0 Å². The SMILES string of the molecule is CN1CCC[C@H]1[C@H](c1ccccc1)N(Cl)C(=O)c1ccc(Cl)c(S(N)(=O)=O)c1. The largest absolute Gasteiger partial charge is 0.301 e. The zero-order chi connectivity index (χ0) is 20.5. The molecule has 1 fully saturated rings. The first-order valence-corrected chi connectivity index (χ1v) is 11.0. The first-order chi connectivity index (χ1) is 13.2. The number of halogens is 2. The van der Waals surface area contributed by atoms with E-state index in [9.17, 15) is 13.2 Å². The Morgan fingerprint density at radius 2 is 1.93 bits per heavy atom. The monoisotopic (exact) mass is 441 g/mol. The summed E-state index contributed by atoms with van der Waals surface area (Å²) in [5.41, 5.74) is 1.01. The number of sulfonamides is 1. The lowest BCUT2D eigenvalue weighted by molar-refractivity contribution is 0.0765. The number of amides is 1. The molecule has 0 unspecified atom stereocenters. The number of likely N-dealkylation sites (N-methyl/N-ethyl adjacent to an activating group) is 1. The van der Waals surface area contributed by atoms with E-state index in [2.05, 4.69) is 4.90 Å². The number of hydrogen-bond acceptors (Lipinski definition) is 4. The van der Waals surface area contributed by atoms with Gasteiger partial charge in [0.05, 0.1) is 11.1 Å². The van der Waals surface area contributed by atoms with Crippen LogP contribution in [0.25, 0.3) is 0 Å². The molecular formula is C19H21Cl2N3O3S. The van der Waals surface area contributed by atoms with Crippen molar-refractivity contribution in [3.05, 3.63) is 64.7 Å². The predicted octanol–water partition coefficient (Wildman–Crippen LogP) is 3.42. The van der Waals surface area contributed by atoms with Crippen LogP contribution in [0, 0.1) is 0 Å². The minimum absolute atomic E-state index is 0.0460. The molecule has 150 valence electrons. The molecule has 2 aromatic carbocycles. The molecule has 1 aliphatic rings. The van der Waals surface area contributed by atoms with Gasteiger partial charge in [0.15, 0.2) is 0 Å². The number of likely N-dealkylation sites (tertiary alicyclic amines) is 1. The number of carbonyl (C=O) groups is 1. The van der Waals surface area contributed by atoms with Crippen LogP contribution in [0.15, 0.2) is 53.4 Å². The van der Waals surface area contributed by atoms with Gasteiger partial charge < -0.3 is 4.90 Å². The number of benzene rings is 2. The highest BCUT2D eigenvalue weighted by Gasteiger charge is 2.37. The highest BCUT2D eigenvalue weighted by atomic mass is 35.5. The van der Waals surface area contributed by atoms with Gasteiger partial charge in [-0.3, -0.25) is 4.79 Å².